The molecule has 0 unspecified atom stereocenters. The number of carbonyl (C=O) groups is 1. The molecule has 0 radical (unpaired) electrons. The first-order chi connectivity index (χ1) is 11.4. The number of rotatable bonds is 4. The van der Waals surface area contributed by atoms with Crippen molar-refractivity contribution in [2.45, 2.75) is 44.8 Å². The van der Waals surface area contributed by atoms with Gasteiger partial charge in [0.15, 0.2) is 0 Å². The van der Waals surface area contributed by atoms with Gasteiger partial charge >= 0.3 is 0 Å². The SMILES string of the molecule is CC1(C)C[C@@H](NC(=O)CCc2ccccc2Cl)c2ccccc2O1. The van der Waals surface area contributed by atoms with Crippen molar-refractivity contribution in [2.24, 2.45) is 0 Å². The lowest BCUT2D eigenvalue weighted by Gasteiger charge is -2.37. The van der Waals surface area contributed by atoms with Gasteiger partial charge in [0.05, 0.1) is 6.04 Å². The topological polar surface area (TPSA) is 38.3 Å². The van der Waals surface area contributed by atoms with Crippen molar-refractivity contribution in [2.75, 3.05) is 0 Å². The summed E-state index contributed by atoms with van der Waals surface area (Å²) in [5.41, 5.74) is 1.75. The van der Waals surface area contributed by atoms with Gasteiger partial charge in [-0.15, -0.1) is 0 Å². The zero-order valence-electron chi connectivity index (χ0n) is 14.0. The number of carbonyl (C=O) groups excluding carboxylic acids is 1. The fourth-order valence-corrected chi connectivity index (χ4v) is 3.38. The minimum absolute atomic E-state index is 0.0244. The molecule has 2 aromatic rings. The van der Waals surface area contributed by atoms with Gasteiger partial charge in [0, 0.05) is 23.4 Å². The highest BCUT2D eigenvalue weighted by Crippen LogP contribution is 2.39. The predicted octanol–water partition coefficient (Wildman–Crippen LogP) is 4.69. The van der Waals surface area contributed by atoms with Gasteiger partial charge in [0.2, 0.25) is 5.91 Å². The lowest BCUT2D eigenvalue weighted by atomic mass is 9.89. The normalized spacial score (nSPS) is 18.4. The van der Waals surface area contributed by atoms with Crippen molar-refractivity contribution in [3.63, 3.8) is 0 Å². The lowest BCUT2D eigenvalue weighted by Crippen LogP contribution is -2.41. The second-order valence-electron chi connectivity index (χ2n) is 6.82. The van der Waals surface area contributed by atoms with Crippen molar-refractivity contribution < 1.29 is 9.53 Å². The Kier molecular flexibility index (Phi) is 4.81. The number of aryl methyl sites for hydroxylation is 1. The molecule has 1 aliphatic rings. The van der Waals surface area contributed by atoms with Crippen molar-refractivity contribution >= 4 is 17.5 Å². The minimum atomic E-state index is -0.297. The first kappa shape index (κ1) is 16.8. The zero-order valence-corrected chi connectivity index (χ0v) is 14.8. The molecular weight excluding hydrogens is 322 g/mol. The number of ether oxygens (including phenoxy) is 1. The van der Waals surface area contributed by atoms with E-state index in [0.717, 1.165) is 23.3 Å². The Morgan fingerprint density at radius 3 is 2.71 bits per heavy atom. The maximum Gasteiger partial charge on any atom is 0.220 e. The zero-order chi connectivity index (χ0) is 17.2. The van der Waals surface area contributed by atoms with E-state index in [4.69, 9.17) is 16.3 Å². The largest absolute Gasteiger partial charge is 0.487 e. The third kappa shape index (κ3) is 3.90. The summed E-state index contributed by atoms with van der Waals surface area (Å²) < 4.78 is 6.01. The summed E-state index contributed by atoms with van der Waals surface area (Å²) >= 11 is 6.16. The average Bonchev–Trinajstić information content (AvgIpc) is 2.53. The first-order valence-corrected chi connectivity index (χ1v) is 8.63. The standard InChI is InChI=1S/C20H22ClNO2/c1-20(2)13-17(15-8-4-6-10-18(15)24-20)22-19(23)12-11-14-7-3-5-9-16(14)21/h3-10,17H,11-13H2,1-2H3,(H,22,23)/t17-/m1/s1. The molecule has 0 saturated carbocycles. The molecule has 0 bridgehead atoms. The molecule has 1 heterocycles. The summed E-state index contributed by atoms with van der Waals surface area (Å²) in [6.45, 7) is 4.09. The highest BCUT2D eigenvalue weighted by Gasteiger charge is 2.34. The summed E-state index contributed by atoms with van der Waals surface area (Å²) in [7, 11) is 0. The first-order valence-electron chi connectivity index (χ1n) is 8.25. The number of amides is 1. The average molecular weight is 344 g/mol. The van der Waals surface area contributed by atoms with Crippen LogP contribution in [0.2, 0.25) is 5.02 Å². The molecule has 0 spiro atoms. The van der Waals surface area contributed by atoms with E-state index in [1.165, 1.54) is 0 Å². The molecule has 126 valence electrons. The Morgan fingerprint density at radius 1 is 1.21 bits per heavy atom. The number of halogens is 1. The number of benzene rings is 2. The van der Waals surface area contributed by atoms with Gasteiger partial charge in [-0.3, -0.25) is 4.79 Å². The van der Waals surface area contributed by atoms with E-state index in [2.05, 4.69) is 5.32 Å². The van der Waals surface area contributed by atoms with Crippen LogP contribution in [0.15, 0.2) is 48.5 Å². The highest BCUT2D eigenvalue weighted by atomic mass is 35.5. The molecular formula is C20H22ClNO2. The van der Waals surface area contributed by atoms with Crippen molar-refractivity contribution in [3.8, 4) is 5.75 Å². The minimum Gasteiger partial charge on any atom is -0.487 e. The summed E-state index contributed by atoms with van der Waals surface area (Å²) in [6, 6.07) is 15.5. The van der Waals surface area contributed by atoms with Gasteiger partial charge in [-0.2, -0.15) is 0 Å². The predicted molar refractivity (Wildman–Crippen MR) is 96.4 cm³/mol. The van der Waals surface area contributed by atoms with Crippen LogP contribution in [0.25, 0.3) is 0 Å². The molecule has 0 aromatic heterocycles. The van der Waals surface area contributed by atoms with E-state index in [1.807, 2.05) is 62.4 Å². The third-order valence-electron chi connectivity index (χ3n) is 4.29. The molecule has 1 atom stereocenters. The maximum atomic E-state index is 12.4. The monoisotopic (exact) mass is 343 g/mol. The highest BCUT2D eigenvalue weighted by molar-refractivity contribution is 6.31. The van der Waals surface area contributed by atoms with E-state index in [1.54, 1.807) is 0 Å². The molecule has 2 aromatic carbocycles. The third-order valence-corrected chi connectivity index (χ3v) is 4.66. The van der Waals surface area contributed by atoms with Crippen molar-refractivity contribution in [1.82, 2.24) is 5.32 Å². The molecule has 1 N–H and O–H groups in total. The Labute approximate surface area is 148 Å². The lowest BCUT2D eigenvalue weighted by molar-refractivity contribution is -0.122. The molecule has 3 nitrogen and oxygen atoms in total. The molecule has 1 amide bonds. The Hall–Kier alpha value is -2.00. The molecule has 0 aliphatic carbocycles. The van der Waals surface area contributed by atoms with Gasteiger partial charge < -0.3 is 10.1 Å². The van der Waals surface area contributed by atoms with Gasteiger partial charge in [0.1, 0.15) is 11.4 Å². The van der Waals surface area contributed by atoms with Crippen LogP contribution in [-0.4, -0.2) is 11.5 Å². The van der Waals surface area contributed by atoms with Crippen LogP contribution in [0.3, 0.4) is 0 Å². The molecule has 1 aliphatic heterocycles. The van der Waals surface area contributed by atoms with Crippen LogP contribution in [0.1, 0.15) is 43.9 Å². The number of hydrogen-bond acceptors (Lipinski definition) is 2. The summed E-state index contributed by atoms with van der Waals surface area (Å²) in [5.74, 6) is 0.887. The van der Waals surface area contributed by atoms with Gasteiger partial charge in [-0.25, -0.2) is 0 Å². The van der Waals surface area contributed by atoms with Crippen LogP contribution in [0.4, 0.5) is 0 Å². The van der Waals surface area contributed by atoms with E-state index in [-0.39, 0.29) is 17.6 Å². The smallest absolute Gasteiger partial charge is 0.220 e. The summed E-state index contributed by atoms with van der Waals surface area (Å²) in [5, 5.41) is 3.87. The Morgan fingerprint density at radius 2 is 1.92 bits per heavy atom. The second-order valence-corrected chi connectivity index (χ2v) is 7.22. The quantitative estimate of drug-likeness (QED) is 0.874. The second kappa shape index (κ2) is 6.86. The maximum absolute atomic E-state index is 12.4. The van der Waals surface area contributed by atoms with Gasteiger partial charge in [-0.05, 0) is 38.0 Å². The number of para-hydroxylation sites is 1. The number of hydrogen-bond donors (Lipinski definition) is 1. The molecule has 4 heteroatoms. The molecule has 24 heavy (non-hydrogen) atoms. The van der Waals surface area contributed by atoms with Crippen molar-refractivity contribution in [3.05, 3.63) is 64.7 Å². The fourth-order valence-electron chi connectivity index (χ4n) is 3.15. The number of fused-ring (bicyclic) bond motifs is 1. The van der Waals surface area contributed by atoms with Gasteiger partial charge in [0.25, 0.3) is 0 Å². The van der Waals surface area contributed by atoms with E-state index in [0.29, 0.717) is 17.9 Å². The molecule has 0 saturated heterocycles. The van der Waals surface area contributed by atoms with Crippen LogP contribution in [0.5, 0.6) is 5.75 Å². The van der Waals surface area contributed by atoms with Crippen molar-refractivity contribution in [1.29, 1.82) is 0 Å². The van der Waals surface area contributed by atoms with Crippen LogP contribution in [0, 0.1) is 0 Å². The fraction of sp³-hybridized carbons (Fsp3) is 0.350. The van der Waals surface area contributed by atoms with Gasteiger partial charge in [-0.1, -0.05) is 48.0 Å². The summed E-state index contributed by atoms with van der Waals surface area (Å²) in [4.78, 5) is 12.4. The van der Waals surface area contributed by atoms with Crippen LogP contribution < -0.4 is 10.1 Å². The van der Waals surface area contributed by atoms with Crippen LogP contribution in [-0.2, 0) is 11.2 Å². The molecule has 0 fully saturated rings. The van der Waals surface area contributed by atoms with E-state index >= 15 is 0 Å². The Bertz CT molecular complexity index is 742. The Balaban J connectivity index is 1.67. The number of nitrogens with one attached hydrogen (secondary N) is 1. The van der Waals surface area contributed by atoms with Crippen LogP contribution >= 0.6 is 11.6 Å². The van der Waals surface area contributed by atoms with E-state index < -0.39 is 0 Å². The summed E-state index contributed by atoms with van der Waals surface area (Å²) in [6.07, 6.45) is 1.81. The van der Waals surface area contributed by atoms with E-state index in [9.17, 15) is 4.79 Å². The molecule has 3 rings (SSSR count).